The molecule has 0 aromatic carbocycles. The third-order valence-electron chi connectivity index (χ3n) is 0. The van der Waals surface area contributed by atoms with Crippen molar-refractivity contribution in [2.75, 3.05) is 0 Å². The van der Waals surface area contributed by atoms with Gasteiger partial charge in [-0.1, -0.05) is 44.6 Å². The van der Waals surface area contributed by atoms with Gasteiger partial charge in [0.15, 0.2) is 0 Å². The molecule has 2 nitrogen and oxygen atoms in total. The topological polar surface area (TPSA) is 61.5 Å². The summed E-state index contributed by atoms with van der Waals surface area (Å²) in [4.78, 5) is 0. The highest BCUT2D eigenvalue weighted by Crippen LogP contribution is 0.149. The van der Waals surface area contributed by atoms with Crippen LogP contribution in [-0.4, -0.2) is 11.0 Å². The minimum absolute atomic E-state index is 0. The second-order valence-corrected chi connectivity index (χ2v) is 0. The van der Waals surface area contributed by atoms with Crippen LogP contribution < -0.4 is 12.4 Å². The van der Waals surface area contributed by atoms with Crippen LogP contribution in [0.15, 0.2) is 0 Å². The fourth-order valence-electron chi connectivity index (χ4n) is 0. The van der Waals surface area contributed by atoms with E-state index in [0.29, 0.717) is 0 Å². The van der Waals surface area contributed by atoms with E-state index in [-0.39, 0.29) is 67.9 Å². The Labute approximate surface area is 68.7 Å². The predicted octanol–water partition coefficient (Wildman–Crippen LogP) is -0.181. The monoisotopic (exact) mass is 166 g/mol. The van der Waals surface area contributed by atoms with Crippen molar-refractivity contribution in [3.8, 4) is 0 Å². The molecule has 72 valence electrons. The zero-order valence-corrected chi connectivity index (χ0v) is 2.08. The smallest absolute Gasteiger partial charge is 0.0776 e. The molecule has 0 rings (SSSR count). The van der Waals surface area contributed by atoms with Gasteiger partial charge in [0.1, 0.15) is 0 Å². The fraction of sp³-hybridized carbons (Fsp3) is 1.00. The maximum atomic E-state index is 0. The molecule has 0 fully saturated rings. The second kappa shape index (κ2) is 9680. The highest BCUT2D eigenvalue weighted by atomic mass is 35.5. The Bertz CT molecular complexity index is 11.0. The minimum Gasteiger partial charge on any atom is -1.00 e. The summed E-state index contributed by atoms with van der Waals surface area (Å²) in [7, 11) is 0. The summed E-state index contributed by atoms with van der Waals surface area (Å²) in [5.41, 5.74) is 0. The van der Waals surface area contributed by atoms with Crippen LogP contribution in [-0.2, 0) is 0 Å². The molecular formula is C6H27ClO2-2. The van der Waals surface area contributed by atoms with Crippen LogP contribution in [0.3, 0.4) is 0 Å². The standard InChI is InChI=1S/6CH4.ClH.2H2O/h6*1H4;1H;2*1H2/p-2. The molecule has 9 heavy (non-hydrogen) atoms. The molecule has 0 amide bonds. The maximum Gasteiger partial charge on any atom is -0.0776 e. The van der Waals surface area contributed by atoms with Gasteiger partial charge in [-0.25, -0.2) is 0 Å². The van der Waals surface area contributed by atoms with Crippen molar-refractivity contribution in [2.45, 2.75) is 44.6 Å². The summed E-state index contributed by atoms with van der Waals surface area (Å²) in [5.74, 6) is 0. The lowest BCUT2D eigenvalue weighted by atomic mass is 12.0. The molecule has 0 aliphatic heterocycles. The van der Waals surface area contributed by atoms with Gasteiger partial charge in [0.2, 0.25) is 0 Å². The molecule has 0 saturated heterocycles. The normalized spacial score (nSPS) is 0. The van der Waals surface area contributed by atoms with Gasteiger partial charge >= 0.3 is 0 Å². The lowest BCUT2D eigenvalue weighted by Gasteiger charge is -1.00. The molecule has 3 heteroatoms. The summed E-state index contributed by atoms with van der Waals surface area (Å²) in [5, 5.41) is 0. The Morgan fingerprint density at radius 2 is 0.444 bits per heavy atom. The Morgan fingerprint density at radius 1 is 0.444 bits per heavy atom. The number of hydrogen-bond acceptors (Lipinski definition) is 1. The molecule has 0 atom stereocenters. The summed E-state index contributed by atoms with van der Waals surface area (Å²) in [6, 6.07) is 0. The lowest BCUT2D eigenvalue weighted by molar-refractivity contribution is -0.00000481. The van der Waals surface area contributed by atoms with E-state index >= 15 is 0 Å². The number of hydrogen-bond donors (Lipinski definition) is 0. The highest BCUT2D eigenvalue weighted by Gasteiger charge is -0.0725. The van der Waals surface area contributed by atoms with Gasteiger partial charge in [-0.3, -0.25) is 0 Å². The van der Waals surface area contributed by atoms with Crippen molar-refractivity contribution in [3.05, 3.63) is 0 Å². The molecule has 0 saturated carbocycles. The van der Waals surface area contributed by atoms with Crippen molar-refractivity contribution in [3.63, 3.8) is 0 Å². The molecule has 0 aliphatic rings. The van der Waals surface area contributed by atoms with E-state index in [1.54, 1.807) is 0 Å². The van der Waals surface area contributed by atoms with Gasteiger partial charge in [-0.05, 0) is 0 Å². The number of halogens is 1. The summed E-state index contributed by atoms with van der Waals surface area (Å²) in [6.45, 7) is 0. The molecule has 0 aliphatic carbocycles. The van der Waals surface area contributed by atoms with E-state index in [1.165, 1.54) is 0 Å². The zero-order valence-electron chi connectivity index (χ0n) is 1.33. The van der Waals surface area contributed by atoms with Crippen molar-refractivity contribution in [1.82, 2.24) is 0 Å². The SMILES string of the molecule is C.C.C.C.C.C.O.[Cl-].[OH-]. The van der Waals surface area contributed by atoms with Crippen LogP contribution in [0.1, 0.15) is 44.6 Å². The van der Waals surface area contributed by atoms with Crippen molar-refractivity contribution < 1.29 is 23.4 Å². The third-order valence-corrected chi connectivity index (χ3v) is 0. The molecule has 0 spiro atoms. The van der Waals surface area contributed by atoms with E-state index in [1.807, 2.05) is 0 Å². The molecule has 0 unspecified atom stereocenters. The quantitative estimate of drug-likeness (QED) is 0.493. The van der Waals surface area contributed by atoms with E-state index in [0.717, 1.165) is 0 Å². The molecule has 0 aromatic rings. The van der Waals surface area contributed by atoms with Crippen LogP contribution in [0.4, 0.5) is 0 Å². The lowest BCUT2D eigenvalue weighted by Crippen LogP contribution is -3.00. The van der Waals surface area contributed by atoms with E-state index in [2.05, 4.69) is 0 Å². The Morgan fingerprint density at radius 3 is 0.444 bits per heavy atom. The molecule has 0 bridgehead atoms. The van der Waals surface area contributed by atoms with E-state index < -0.39 is 0 Å². The first-order valence-electron chi connectivity index (χ1n) is 0. The maximum absolute atomic E-state index is 0. The predicted molar refractivity (Wildman–Crippen MR) is 45.9 cm³/mol. The molecule has 3 N–H and O–H groups in total. The van der Waals surface area contributed by atoms with E-state index in [4.69, 9.17) is 0 Å². The Hall–Kier alpha value is 0.210. The van der Waals surface area contributed by atoms with Crippen molar-refractivity contribution in [1.29, 1.82) is 0 Å². The second-order valence-electron chi connectivity index (χ2n) is 0. The van der Waals surface area contributed by atoms with Gasteiger partial charge in [0.25, 0.3) is 0 Å². The van der Waals surface area contributed by atoms with Gasteiger partial charge < -0.3 is 23.4 Å². The van der Waals surface area contributed by atoms with Crippen LogP contribution in [0.25, 0.3) is 0 Å². The minimum atomic E-state index is 0. The molecule has 0 heterocycles. The average molecular weight is 167 g/mol. The Kier molecular flexibility index (Phi) is 15100000. The zero-order chi connectivity index (χ0) is 0. The highest BCUT2D eigenvalue weighted by molar-refractivity contribution is 2.51. The average Bonchev–Trinajstić information content (AvgIpc) is 0. The first kappa shape index (κ1) is 14100. The van der Waals surface area contributed by atoms with Gasteiger partial charge in [-0.2, -0.15) is 0 Å². The molecule has 0 radical (unpaired) electrons. The molecule has 0 aromatic heterocycles. The van der Waals surface area contributed by atoms with Gasteiger partial charge in [-0.15, -0.1) is 0 Å². The summed E-state index contributed by atoms with van der Waals surface area (Å²) < 4.78 is 0. The van der Waals surface area contributed by atoms with Crippen LogP contribution in [0.5, 0.6) is 0 Å². The third kappa shape index (κ3) is 7180. The van der Waals surface area contributed by atoms with Crippen molar-refractivity contribution >= 4 is 0 Å². The van der Waals surface area contributed by atoms with Crippen LogP contribution in [0.2, 0.25) is 0 Å². The molecular weight excluding hydrogens is 140 g/mol. The fourth-order valence-corrected chi connectivity index (χ4v) is 0. The summed E-state index contributed by atoms with van der Waals surface area (Å²) >= 11 is 0. The van der Waals surface area contributed by atoms with Gasteiger partial charge in [0.05, 0.1) is 0 Å². The largest absolute Gasteiger partial charge is 1.00 e. The first-order valence-corrected chi connectivity index (χ1v) is 0. The Balaban J connectivity index is 0. The van der Waals surface area contributed by atoms with Crippen LogP contribution in [0, 0.1) is 0 Å². The van der Waals surface area contributed by atoms with Gasteiger partial charge in [0, 0.05) is 0 Å². The van der Waals surface area contributed by atoms with Crippen molar-refractivity contribution in [2.24, 2.45) is 0 Å². The summed E-state index contributed by atoms with van der Waals surface area (Å²) in [6.07, 6.45) is 0. The van der Waals surface area contributed by atoms with Crippen LogP contribution >= 0.6 is 0 Å². The van der Waals surface area contributed by atoms with E-state index in [9.17, 15) is 0 Å². The number of rotatable bonds is 0. The first-order chi connectivity index (χ1) is 0.